The van der Waals surface area contributed by atoms with Gasteiger partial charge in [0.25, 0.3) is 0 Å². The zero-order valence-corrected chi connectivity index (χ0v) is 11.8. The second kappa shape index (κ2) is 5.54. The molecule has 1 aromatic carbocycles. The average molecular weight is 274 g/mol. The van der Waals surface area contributed by atoms with E-state index in [9.17, 15) is 4.79 Å². The Morgan fingerprint density at radius 1 is 1.21 bits per heavy atom. The van der Waals surface area contributed by atoms with E-state index in [4.69, 9.17) is 11.6 Å². The lowest BCUT2D eigenvalue weighted by molar-refractivity contribution is -0.116. The molecule has 0 aliphatic heterocycles. The van der Waals surface area contributed by atoms with Crippen LogP contribution in [0.4, 0.5) is 0 Å². The van der Waals surface area contributed by atoms with Crippen LogP contribution in [0.25, 0.3) is 0 Å². The molecule has 2 aromatic rings. The highest BCUT2D eigenvalue weighted by Crippen LogP contribution is 2.32. The number of aryl methyl sites for hydroxylation is 1. The van der Waals surface area contributed by atoms with Crippen molar-refractivity contribution in [1.29, 1.82) is 0 Å². The predicted molar refractivity (Wildman–Crippen MR) is 77.3 cm³/mol. The Hall–Kier alpha value is -1.67. The van der Waals surface area contributed by atoms with Crippen LogP contribution in [0.2, 0.25) is 0 Å². The van der Waals surface area contributed by atoms with Gasteiger partial charge >= 0.3 is 0 Å². The predicted octanol–water partition coefficient (Wildman–Crippen LogP) is 3.66. The topological polar surface area (TPSA) is 30.0 Å². The first-order valence-corrected chi connectivity index (χ1v) is 6.57. The number of carbonyl (C=O) groups excluding carboxylic acids is 1. The minimum absolute atomic E-state index is 0.335. The molecule has 0 N–H and O–H groups in total. The van der Waals surface area contributed by atoms with Crippen molar-refractivity contribution in [3.63, 3.8) is 0 Å². The molecular formula is C16H16ClNO. The highest BCUT2D eigenvalue weighted by molar-refractivity contribution is 6.65. The lowest BCUT2D eigenvalue weighted by Gasteiger charge is -2.27. The van der Waals surface area contributed by atoms with Crippen molar-refractivity contribution in [1.82, 2.24) is 4.98 Å². The summed E-state index contributed by atoms with van der Waals surface area (Å²) in [7, 11) is 0. The minimum atomic E-state index is -0.714. The number of rotatable bonds is 4. The van der Waals surface area contributed by atoms with Gasteiger partial charge in [0.2, 0.25) is 5.24 Å². The van der Waals surface area contributed by atoms with Gasteiger partial charge in [-0.1, -0.05) is 24.3 Å². The van der Waals surface area contributed by atoms with E-state index >= 15 is 0 Å². The van der Waals surface area contributed by atoms with Gasteiger partial charge in [-0.3, -0.25) is 9.78 Å². The molecule has 1 unspecified atom stereocenters. The molecule has 0 radical (unpaired) electrons. The number of benzene rings is 1. The highest BCUT2D eigenvalue weighted by Gasteiger charge is 2.35. The Morgan fingerprint density at radius 2 is 1.84 bits per heavy atom. The van der Waals surface area contributed by atoms with Gasteiger partial charge in [0, 0.05) is 12.4 Å². The van der Waals surface area contributed by atoms with E-state index in [2.05, 4.69) is 4.98 Å². The van der Waals surface area contributed by atoms with E-state index in [1.807, 2.05) is 50.2 Å². The molecule has 98 valence electrons. The maximum absolute atomic E-state index is 12.0. The fraction of sp³-hybridized carbons (Fsp3) is 0.250. The van der Waals surface area contributed by atoms with Crippen molar-refractivity contribution in [3.05, 3.63) is 65.5 Å². The zero-order chi connectivity index (χ0) is 13.9. The van der Waals surface area contributed by atoms with Gasteiger partial charge in [-0.25, -0.2) is 0 Å². The van der Waals surface area contributed by atoms with Crippen LogP contribution in [-0.2, 0) is 16.6 Å². The lowest BCUT2D eigenvalue weighted by Crippen LogP contribution is -2.32. The van der Waals surface area contributed by atoms with E-state index in [1.165, 1.54) is 0 Å². The van der Waals surface area contributed by atoms with Crippen LogP contribution in [0, 0.1) is 6.92 Å². The molecule has 0 spiro atoms. The first kappa shape index (κ1) is 13.8. The van der Waals surface area contributed by atoms with Gasteiger partial charge in [-0.05, 0) is 60.7 Å². The number of nitrogens with zero attached hydrogens (tertiary/aromatic N) is 1. The summed E-state index contributed by atoms with van der Waals surface area (Å²) < 4.78 is 0. The molecule has 0 bridgehead atoms. The van der Waals surface area contributed by atoms with E-state index in [0.717, 1.165) is 16.7 Å². The monoisotopic (exact) mass is 273 g/mol. The summed E-state index contributed by atoms with van der Waals surface area (Å²) in [4.78, 5) is 16.0. The summed E-state index contributed by atoms with van der Waals surface area (Å²) >= 11 is 5.89. The maximum atomic E-state index is 12.0. The molecular weight excluding hydrogens is 258 g/mol. The summed E-state index contributed by atoms with van der Waals surface area (Å²) in [5.74, 6) is 0. The average Bonchev–Trinajstić information content (AvgIpc) is 2.40. The number of halogens is 1. The van der Waals surface area contributed by atoms with Gasteiger partial charge < -0.3 is 0 Å². The van der Waals surface area contributed by atoms with Gasteiger partial charge in [-0.2, -0.15) is 0 Å². The van der Waals surface area contributed by atoms with Gasteiger partial charge in [0.05, 0.1) is 5.41 Å². The minimum Gasteiger partial charge on any atom is -0.280 e. The number of hydrogen-bond donors (Lipinski definition) is 0. The molecule has 1 atom stereocenters. The Bertz CT molecular complexity index is 582. The smallest absolute Gasteiger partial charge is 0.232 e. The molecule has 0 aliphatic rings. The number of pyridine rings is 1. The van der Waals surface area contributed by atoms with Gasteiger partial charge in [0.15, 0.2) is 0 Å². The fourth-order valence-electron chi connectivity index (χ4n) is 2.37. The molecule has 0 saturated carbocycles. The molecule has 0 aliphatic carbocycles. The third-order valence-electron chi connectivity index (χ3n) is 3.48. The Morgan fingerprint density at radius 3 is 2.42 bits per heavy atom. The summed E-state index contributed by atoms with van der Waals surface area (Å²) in [5, 5.41) is -0.335. The molecule has 0 fully saturated rings. The Kier molecular flexibility index (Phi) is 4.01. The third-order valence-corrected chi connectivity index (χ3v) is 3.90. The summed E-state index contributed by atoms with van der Waals surface area (Å²) in [6.07, 6.45) is 4.03. The second-order valence-electron chi connectivity index (χ2n) is 4.95. The lowest BCUT2D eigenvalue weighted by atomic mass is 9.76. The van der Waals surface area contributed by atoms with E-state index in [-0.39, 0.29) is 5.24 Å². The normalized spacial score (nSPS) is 13.8. The number of aromatic nitrogens is 1. The largest absolute Gasteiger partial charge is 0.280 e. The van der Waals surface area contributed by atoms with Crippen molar-refractivity contribution in [2.24, 2.45) is 0 Å². The van der Waals surface area contributed by atoms with E-state index in [1.54, 1.807) is 12.4 Å². The molecule has 0 amide bonds. The van der Waals surface area contributed by atoms with Crippen molar-refractivity contribution >= 4 is 16.8 Å². The fourth-order valence-corrected chi connectivity index (χ4v) is 2.54. The second-order valence-corrected chi connectivity index (χ2v) is 5.30. The number of hydrogen-bond acceptors (Lipinski definition) is 2. The van der Waals surface area contributed by atoms with Crippen LogP contribution < -0.4 is 0 Å². The van der Waals surface area contributed by atoms with Crippen molar-refractivity contribution in [2.45, 2.75) is 25.7 Å². The molecule has 19 heavy (non-hydrogen) atoms. The van der Waals surface area contributed by atoms with Crippen LogP contribution in [-0.4, -0.2) is 10.2 Å². The van der Waals surface area contributed by atoms with Gasteiger partial charge in [-0.15, -0.1) is 0 Å². The maximum Gasteiger partial charge on any atom is 0.232 e. The standard InChI is InChI=1S/C16H16ClNO/c1-12-5-3-4-6-14(12)16(2,15(17)19)11-13-7-9-18-10-8-13/h3-10H,11H2,1-2H3. The summed E-state index contributed by atoms with van der Waals surface area (Å²) in [6.45, 7) is 3.89. The zero-order valence-electron chi connectivity index (χ0n) is 11.1. The van der Waals surface area contributed by atoms with Crippen molar-refractivity contribution in [3.8, 4) is 0 Å². The van der Waals surface area contributed by atoms with Crippen LogP contribution in [0.3, 0.4) is 0 Å². The van der Waals surface area contributed by atoms with Crippen LogP contribution in [0.15, 0.2) is 48.8 Å². The van der Waals surface area contributed by atoms with E-state index < -0.39 is 5.41 Å². The Balaban J connectivity index is 2.45. The Labute approximate surface area is 118 Å². The van der Waals surface area contributed by atoms with Crippen LogP contribution >= 0.6 is 11.6 Å². The molecule has 2 nitrogen and oxygen atoms in total. The third kappa shape index (κ3) is 2.85. The summed E-state index contributed by atoms with van der Waals surface area (Å²) in [6, 6.07) is 11.7. The highest BCUT2D eigenvalue weighted by atomic mass is 35.5. The van der Waals surface area contributed by atoms with Crippen molar-refractivity contribution in [2.75, 3.05) is 0 Å². The summed E-state index contributed by atoms with van der Waals surface area (Å²) in [5.41, 5.74) is 2.39. The van der Waals surface area contributed by atoms with E-state index in [0.29, 0.717) is 6.42 Å². The molecule has 0 saturated heterocycles. The molecule has 1 aromatic heterocycles. The van der Waals surface area contributed by atoms with Crippen molar-refractivity contribution < 1.29 is 4.79 Å². The first-order chi connectivity index (χ1) is 9.04. The molecule has 2 rings (SSSR count). The quantitative estimate of drug-likeness (QED) is 0.796. The first-order valence-electron chi connectivity index (χ1n) is 6.19. The van der Waals surface area contributed by atoms with Gasteiger partial charge in [0.1, 0.15) is 0 Å². The molecule has 1 heterocycles. The van der Waals surface area contributed by atoms with Crippen LogP contribution in [0.1, 0.15) is 23.6 Å². The van der Waals surface area contributed by atoms with Crippen LogP contribution in [0.5, 0.6) is 0 Å². The SMILES string of the molecule is Cc1ccccc1C(C)(Cc1ccncc1)C(=O)Cl. The number of carbonyl (C=O) groups is 1. The molecule has 3 heteroatoms.